The fourth-order valence-electron chi connectivity index (χ4n) is 3.79. The molecule has 0 amide bonds. The summed E-state index contributed by atoms with van der Waals surface area (Å²) in [6.07, 6.45) is 0. The molecule has 1 aliphatic rings. The summed E-state index contributed by atoms with van der Waals surface area (Å²) in [6.45, 7) is 0. The second-order valence-corrected chi connectivity index (χ2v) is 9.52. The van der Waals surface area contributed by atoms with E-state index < -0.39 is 0 Å². The SMILES string of the molecule is O=C(C(=C1SSC(c2ccccc2)=C1c1ccccc1)c1ccccc1)c1ccccc1. The largest absolute Gasteiger partial charge is 0.289 e. The Morgan fingerprint density at radius 1 is 0.500 bits per heavy atom. The molecule has 0 radical (unpaired) electrons. The average Bonchev–Trinajstić information content (AvgIpc) is 3.31. The van der Waals surface area contributed by atoms with E-state index in [1.807, 2.05) is 72.8 Å². The Morgan fingerprint density at radius 3 is 1.53 bits per heavy atom. The first-order valence-electron chi connectivity index (χ1n) is 10.4. The number of benzene rings is 4. The van der Waals surface area contributed by atoms with E-state index in [-0.39, 0.29) is 5.78 Å². The Hall–Kier alpha value is -3.27. The molecule has 1 heterocycles. The van der Waals surface area contributed by atoms with Gasteiger partial charge in [0.15, 0.2) is 5.78 Å². The van der Waals surface area contributed by atoms with Gasteiger partial charge in [-0.25, -0.2) is 0 Å². The first kappa shape index (κ1) is 20.6. The summed E-state index contributed by atoms with van der Waals surface area (Å²) in [5.41, 5.74) is 5.79. The normalized spacial score (nSPS) is 15.0. The molecule has 0 spiro atoms. The molecule has 1 nitrogen and oxygen atoms in total. The highest BCUT2D eigenvalue weighted by atomic mass is 33.1. The molecular formula is C29H20OS2. The molecule has 0 aromatic heterocycles. The van der Waals surface area contributed by atoms with Gasteiger partial charge in [-0.15, -0.1) is 0 Å². The van der Waals surface area contributed by atoms with E-state index in [1.54, 1.807) is 21.6 Å². The zero-order valence-corrected chi connectivity index (χ0v) is 18.9. The standard InChI is InChI=1S/C29H20OS2/c30-27(23-17-9-3-10-18-23)25(21-13-5-1-6-14-21)29-26(22-15-7-2-8-16-22)28(31-32-29)24-19-11-4-12-20-24/h1-20H. The summed E-state index contributed by atoms with van der Waals surface area (Å²) in [6, 6.07) is 40.4. The van der Waals surface area contributed by atoms with Crippen LogP contribution in [0.4, 0.5) is 0 Å². The van der Waals surface area contributed by atoms with Crippen LogP contribution in [0.3, 0.4) is 0 Å². The lowest BCUT2D eigenvalue weighted by molar-refractivity contribution is 0.105. The van der Waals surface area contributed by atoms with E-state index in [0.717, 1.165) is 27.2 Å². The Morgan fingerprint density at radius 2 is 0.969 bits per heavy atom. The van der Waals surface area contributed by atoms with Gasteiger partial charge >= 0.3 is 0 Å². The highest BCUT2D eigenvalue weighted by molar-refractivity contribution is 8.82. The summed E-state index contributed by atoms with van der Waals surface area (Å²) in [7, 11) is 3.40. The molecule has 0 saturated heterocycles. The first-order valence-corrected chi connectivity index (χ1v) is 12.6. The fraction of sp³-hybridized carbons (Fsp3) is 0. The number of Topliss-reactive ketones (excluding diaryl/α,β-unsaturated/α-hetero) is 1. The number of hydrogen-bond acceptors (Lipinski definition) is 3. The maximum absolute atomic E-state index is 13.8. The van der Waals surface area contributed by atoms with Gasteiger partial charge in [0.25, 0.3) is 0 Å². The van der Waals surface area contributed by atoms with E-state index in [4.69, 9.17) is 0 Å². The van der Waals surface area contributed by atoms with E-state index in [9.17, 15) is 4.79 Å². The number of rotatable bonds is 5. The molecule has 0 aliphatic carbocycles. The smallest absolute Gasteiger partial charge is 0.194 e. The first-order chi connectivity index (χ1) is 15.8. The van der Waals surface area contributed by atoms with Gasteiger partial charge in [-0.05, 0) is 16.7 Å². The van der Waals surface area contributed by atoms with Crippen LogP contribution >= 0.6 is 21.6 Å². The number of ketones is 1. The van der Waals surface area contributed by atoms with Crippen LogP contribution in [0, 0.1) is 0 Å². The second-order valence-electron chi connectivity index (χ2n) is 7.37. The maximum Gasteiger partial charge on any atom is 0.194 e. The molecule has 1 aliphatic heterocycles. The molecule has 4 aromatic carbocycles. The topological polar surface area (TPSA) is 17.1 Å². The fourth-order valence-corrected chi connectivity index (χ4v) is 6.69. The van der Waals surface area contributed by atoms with Crippen molar-refractivity contribution in [3.8, 4) is 0 Å². The van der Waals surface area contributed by atoms with Crippen LogP contribution < -0.4 is 0 Å². The third kappa shape index (κ3) is 4.10. The number of allylic oxidation sites excluding steroid dienone is 2. The summed E-state index contributed by atoms with van der Waals surface area (Å²) < 4.78 is 0. The van der Waals surface area contributed by atoms with Crippen molar-refractivity contribution in [2.75, 3.05) is 0 Å². The van der Waals surface area contributed by atoms with Crippen molar-refractivity contribution in [1.29, 1.82) is 0 Å². The molecule has 3 heteroatoms. The van der Waals surface area contributed by atoms with E-state index in [0.29, 0.717) is 5.56 Å². The predicted octanol–water partition coefficient (Wildman–Crippen LogP) is 8.24. The minimum Gasteiger partial charge on any atom is -0.289 e. The summed E-state index contributed by atoms with van der Waals surface area (Å²) in [5.74, 6) is 0.0441. The number of hydrogen-bond donors (Lipinski definition) is 0. The quantitative estimate of drug-likeness (QED) is 0.174. The lowest BCUT2D eigenvalue weighted by Gasteiger charge is -2.14. The summed E-state index contributed by atoms with van der Waals surface area (Å²) in [4.78, 5) is 16.0. The van der Waals surface area contributed by atoms with Crippen LogP contribution in [0.15, 0.2) is 126 Å². The maximum atomic E-state index is 13.8. The van der Waals surface area contributed by atoms with Crippen LogP contribution in [0.25, 0.3) is 16.1 Å². The molecule has 0 bridgehead atoms. The molecule has 0 N–H and O–H groups in total. The van der Waals surface area contributed by atoms with Gasteiger partial charge in [0.05, 0.1) is 0 Å². The van der Waals surface area contributed by atoms with Crippen LogP contribution in [0.2, 0.25) is 0 Å². The minimum atomic E-state index is 0.0441. The van der Waals surface area contributed by atoms with Gasteiger partial charge in [-0.3, -0.25) is 4.79 Å². The lowest BCUT2D eigenvalue weighted by atomic mass is 9.91. The molecule has 0 fully saturated rings. The van der Waals surface area contributed by atoms with Crippen LogP contribution in [0.5, 0.6) is 0 Å². The van der Waals surface area contributed by atoms with Crippen molar-refractivity contribution in [2.45, 2.75) is 0 Å². The lowest BCUT2D eigenvalue weighted by Crippen LogP contribution is -2.05. The Bertz CT molecular complexity index is 1290. The average molecular weight is 449 g/mol. The highest BCUT2D eigenvalue weighted by Crippen LogP contribution is 2.59. The van der Waals surface area contributed by atoms with Gasteiger partial charge in [0.2, 0.25) is 0 Å². The van der Waals surface area contributed by atoms with E-state index >= 15 is 0 Å². The van der Waals surface area contributed by atoms with Gasteiger partial charge < -0.3 is 0 Å². The molecular weight excluding hydrogens is 428 g/mol. The van der Waals surface area contributed by atoms with Crippen molar-refractivity contribution >= 4 is 43.4 Å². The third-order valence-electron chi connectivity index (χ3n) is 5.31. The predicted molar refractivity (Wildman–Crippen MR) is 139 cm³/mol. The van der Waals surface area contributed by atoms with E-state index in [2.05, 4.69) is 48.5 Å². The van der Waals surface area contributed by atoms with Crippen molar-refractivity contribution in [1.82, 2.24) is 0 Å². The zero-order chi connectivity index (χ0) is 21.8. The van der Waals surface area contributed by atoms with Gasteiger partial charge in [0, 0.05) is 26.5 Å². The summed E-state index contributed by atoms with van der Waals surface area (Å²) >= 11 is 0. The van der Waals surface area contributed by atoms with Crippen LogP contribution in [-0.4, -0.2) is 5.78 Å². The van der Waals surface area contributed by atoms with Crippen LogP contribution in [0.1, 0.15) is 27.0 Å². The molecule has 32 heavy (non-hydrogen) atoms. The van der Waals surface area contributed by atoms with Crippen molar-refractivity contribution in [2.24, 2.45) is 0 Å². The van der Waals surface area contributed by atoms with Gasteiger partial charge in [-0.2, -0.15) is 0 Å². The number of carbonyl (C=O) groups is 1. The van der Waals surface area contributed by atoms with E-state index in [1.165, 1.54) is 10.5 Å². The Balaban J connectivity index is 1.80. The van der Waals surface area contributed by atoms with Crippen molar-refractivity contribution in [3.05, 3.63) is 148 Å². The highest BCUT2D eigenvalue weighted by Gasteiger charge is 2.30. The van der Waals surface area contributed by atoms with Gasteiger partial charge in [0.1, 0.15) is 0 Å². The molecule has 0 unspecified atom stereocenters. The minimum absolute atomic E-state index is 0.0441. The van der Waals surface area contributed by atoms with Crippen LogP contribution in [-0.2, 0) is 0 Å². The Kier molecular flexibility index (Phi) is 6.11. The van der Waals surface area contributed by atoms with Crippen molar-refractivity contribution in [3.63, 3.8) is 0 Å². The number of carbonyl (C=O) groups excluding carboxylic acids is 1. The summed E-state index contributed by atoms with van der Waals surface area (Å²) in [5, 5.41) is 0. The molecule has 4 aromatic rings. The molecule has 0 atom stereocenters. The Labute approximate surface area is 196 Å². The van der Waals surface area contributed by atoms with Gasteiger partial charge in [-0.1, -0.05) is 143 Å². The second kappa shape index (κ2) is 9.47. The molecule has 5 rings (SSSR count). The third-order valence-corrected chi connectivity index (χ3v) is 7.83. The monoisotopic (exact) mass is 448 g/mol. The molecule has 0 saturated carbocycles. The molecule has 154 valence electrons. The van der Waals surface area contributed by atoms with Crippen molar-refractivity contribution < 1.29 is 4.79 Å². The zero-order valence-electron chi connectivity index (χ0n) is 17.3.